The van der Waals surface area contributed by atoms with Gasteiger partial charge < -0.3 is 19.3 Å². The summed E-state index contributed by atoms with van der Waals surface area (Å²) >= 11 is 0. The lowest BCUT2D eigenvalue weighted by atomic mass is 9.95. The Kier molecular flexibility index (Phi) is 4.27. The second-order valence-corrected chi connectivity index (χ2v) is 8.14. The van der Waals surface area contributed by atoms with E-state index in [0.29, 0.717) is 37.8 Å². The van der Waals surface area contributed by atoms with Gasteiger partial charge >= 0.3 is 0 Å². The van der Waals surface area contributed by atoms with Crippen LogP contribution >= 0.6 is 0 Å². The maximum atomic E-state index is 14.3. The van der Waals surface area contributed by atoms with Crippen LogP contribution < -0.4 is 0 Å². The maximum Gasteiger partial charge on any atom is 0.252 e. The zero-order valence-corrected chi connectivity index (χ0v) is 15.1. The van der Waals surface area contributed by atoms with Gasteiger partial charge in [0, 0.05) is 26.1 Å². The number of amides is 2. The van der Waals surface area contributed by atoms with Crippen molar-refractivity contribution in [1.82, 2.24) is 9.80 Å². The van der Waals surface area contributed by atoms with Crippen LogP contribution in [0.2, 0.25) is 0 Å². The van der Waals surface area contributed by atoms with Gasteiger partial charge in [-0.3, -0.25) is 9.59 Å². The number of carbonyl (C=O) groups excluding carboxylic acids is 2. The number of methoxy groups -OCH3 is 1. The average Bonchev–Trinajstić information content (AvgIpc) is 3.33. The number of nitrogens with zero attached hydrogens (tertiary/aromatic N) is 2. The molecule has 0 spiro atoms. The van der Waals surface area contributed by atoms with Crippen LogP contribution in [0.1, 0.15) is 26.7 Å². The number of carbonyl (C=O) groups is 2. The van der Waals surface area contributed by atoms with E-state index < -0.39 is 24.4 Å². The minimum Gasteiger partial charge on any atom is -0.376 e. The lowest BCUT2D eigenvalue weighted by Gasteiger charge is -2.38. The van der Waals surface area contributed by atoms with E-state index in [1.54, 1.807) is 6.92 Å². The van der Waals surface area contributed by atoms with Crippen LogP contribution in [0.4, 0.5) is 4.39 Å². The summed E-state index contributed by atoms with van der Waals surface area (Å²) in [6.45, 7) is 5.83. The number of fused-ring (bicyclic) bond motifs is 3. The molecule has 0 aromatic heterocycles. The van der Waals surface area contributed by atoms with Crippen molar-refractivity contribution >= 4 is 11.8 Å². The first kappa shape index (κ1) is 17.2. The Morgan fingerprint density at radius 3 is 2.72 bits per heavy atom. The van der Waals surface area contributed by atoms with E-state index in [-0.39, 0.29) is 23.8 Å². The largest absolute Gasteiger partial charge is 0.376 e. The van der Waals surface area contributed by atoms with Crippen molar-refractivity contribution in [3.8, 4) is 0 Å². The van der Waals surface area contributed by atoms with Crippen molar-refractivity contribution in [2.75, 3.05) is 26.8 Å². The Labute approximate surface area is 147 Å². The smallest absolute Gasteiger partial charge is 0.252 e. The average molecular weight is 354 g/mol. The van der Waals surface area contributed by atoms with Crippen molar-refractivity contribution in [2.24, 2.45) is 17.8 Å². The molecular weight excluding hydrogens is 327 g/mol. The molecule has 0 radical (unpaired) electrons. The van der Waals surface area contributed by atoms with Crippen LogP contribution in [0.25, 0.3) is 0 Å². The standard InChI is InChI=1S/C18H27FN2O4/c1-9-8-25-15-7-20(6-12(9)15)18(23)16-11-4-13(19)14(5-11)21(16)17(22)10(2)24-3/h9-16H,4-8H2,1-3H3/t9-,10?,11?,12-,13+,14?,15-,16-/m1/s1. The van der Waals surface area contributed by atoms with Crippen LogP contribution in [0, 0.1) is 17.8 Å². The maximum absolute atomic E-state index is 14.3. The lowest BCUT2D eigenvalue weighted by molar-refractivity contribution is -0.155. The molecule has 3 unspecified atom stereocenters. The van der Waals surface area contributed by atoms with E-state index in [0.717, 1.165) is 6.61 Å². The Morgan fingerprint density at radius 2 is 2.04 bits per heavy atom. The van der Waals surface area contributed by atoms with Crippen molar-refractivity contribution in [2.45, 2.75) is 57.2 Å². The van der Waals surface area contributed by atoms with Gasteiger partial charge in [0.05, 0.1) is 18.8 Å². The molecule has 140 valence electrons. The highest BCUT2D eigenvalue weighted by Crippen LogP contribution is 2.46. The summed E-state index contributed by atoms with van der Waals surface area (Å²) in [5, 5.41) is 0. The first-order valence-electron chi connectivity index (χ1n) is 9.31. The molecule has 0 aromatic rings. The zero-order chi connectivity index (χ0) is 17.9. The molecule has 4 rings (SSSR count). The summed E-state index contributed by atoms with van der Waals surface area (Å²) in [6.07, 6.45) is -0.646. The highest BCUT2D eigenvalue weighted by atomic mass is 19.1. The minimum absolute atomic E-state index is 0.0405. The molecule has 25 heavy (non-hydrogen) atoms. The van der Waals surface area contributed by atoms with Gasteiger partial charge in [0.25, 0.3) is 5.91 Å². The van der Waals surface area contributed by atoms with Crippen LogP contribution in [-0.2, 0) is 19.1 Å². The third-order valence-corrected chi connectivity index (χ3v) is 6.73. The van der Waals surface area contributed by atoms with E-state index in [4.69, 9.17) is 9.47 Å². The lowest BCUT2D eigenvalue weighted by Crippen LogP contribution is -2.58. The van der Waals surface area contributed by atoms with Crippen molar-refractivity contribution < 1.29 is 23.5 Å². The monoisotopic (exact) mass is 354 g/mol. The Bertz CT molecular complexity index is 573. The quantitative estimate of drug-likeness (QED) is 0.754. The third kappa shape index (κ3) is 2.58. The molecular formula is C18H27FN2O4. The molecule has 2 bridgehead atoms. The van der Waals surface area contributed by atoms with E-state index in [2.05, 4.69) is 6.92 Å². The summed E-state index contributed by atoms with van der Waals surface area (Å²) in [7, 11) is 1.46. The summed E-state index contributed by atoms with van der Waals surface area (Å²) in [5.74, 6) is 0.420. The summed E-state index contributed by atoms with van der Waals surface area (Å²) in [4.78, 5) is 29.3. The molecule has 3 aliphatic heterocycles. The minimum atomic E-state index is -1.04. The molecule has 4 fully saturated rings. The first-order chi connectivity index (χ1) is 11.9. The molecule has 2 amide bonds. The van der Waals surface area contributed by atoms with Gasteiger partial charge in [-0.25, -0.2) is 4.39 Å². The molecule has 1 aliphatic carbocycles. The fourth-order valence-corrected chi connectivity index (χ4v) is 5.20. The van der Waals surface area contributed by atoms with Crippen LogP contribution in [0.15, 0.2) is 0 Å². The van der Waals surface area contributed by atoms with Gasteiger partial charge in [0.2, 0.25) is 5.91 Å². The topological polar surface area (TPSA) is 59.1 Å². The highest BCUT2D eigenvalue weighted by Gasteiger charge is 2.58. The van der Waals surface area contributed by atoms with E-state index in [1.807, 2.05) is 4.90 Å². The highest BCUT2D eigenvalue weighted by molar-refractivity contribution is 5.91. The van der Waals surface area contributed by atoms with Crippen molar-refractivity contribution in [3.05, 3.63) is 0 Å². The van der Waals surface area contributed by atoms with Gasteiger partial charge in [0.15, 0.2) is 0 Å². The third-order valence-electron chi connectivity index (χ3n) is 6.73. The van der Waals surface area contributed by atoms with Crippen LogP contribution in [-0.4, -0.2) is 78.9 Å². The number of piperidine rings is 1. The number of alkyl halides is 1. The number of hydrogen-bond donors (Lipinski definition) is 0. The second kappa shape index (κ2) is 6.20. The number of likely N-dealkylation sites (tertiary alicyclic amines) is 2. The predicted molar refractivity (Wildman–Crippen MR) is 87.5 cm³/mol. The second-order valence-electron chi connectivity index (χ2n) is 8.14. The molecule has 0 N–H and O–H groups in total. The molecule has 3 saturated heterocycles. The van der Waals surface area contributed by atoms with E-state index in [1.165, 1.54) is 12.0 Å². The van der Waals surface area contributed by atoms with Crippen molar-refractivity contribution in [3.63, 3.8) is 0 Å². The first-order valence-corrected chi connectivity index (χ1v) is 9.31. The van der Waals surface area contributed by atoms with Crippen LogP contribution in [0.5, 0.6) is 0 Å². The van der Waals surface area contributed by atoms with Gasteiger partial charge in [0.1, 0.15) is 18.3 Å². The summed E-state index contributed by atoms with van der Waals surface area (Å²) in [5.41, 5.74) is 0. The molecule has 6 nitrogen and oxygen atoms in total. The fourth-order valence-electron chi connectivity index (χ4n) is 5.20. The molecule has 4 aliphatic rings. The van der Waals surface area contributed by atoms with Gasteiger partial charge in [-0.05, 0) is 31.6 Å². The summed E-state index contributed by atoms with van der Waals surface area (Å²) in [6, 6.07) is -1.03. The number of rotatable bonds is 3. The molecule has 8 atom stereocenters. The molecule has 7 heteroatoms. The SMILES string of the molecule is COC(C)C(=O)N1C2CC(C[C@@H]2F)[C@@H]1C(=O)N1C[C@@H]2[C@H](C)CO[C@@H]2C1. The normalized spacial score (nSPS) is 43.6. The van der Waals surface area contributed by atoms with E-state index >= 15 is 0 Å². The summed E-state index contributed by atoms with van der Waals surface area (Å²) < 4.78 is 25.2. The van der Waals surface area contributed by atoms with E-state index in [9.17, 15) is 14.0 Å². The van der Waals surface area contributed by atoms with Crippen LogP contribution in [0.3, 0.4) is 0 Å². The van der Waals surface area contributed by atoms with Gasteiger partial charge in [-0.15, -0.1) is 0 Å². The zero-order valence-electron chi connectivity index (χ0n) is 15.1. The van der Waals surface area contributed by atoms with Gasteiger partial charge in [-0.2, -0.15) is 0 Å². The molecule has 3 heterocycles. The molecule has 0 aromatic carbocycles. The molecule has 1 saturated carbocycles. The number of ether oxygens (including phenoxy) is 2. The fraction of sp³-hybridized carbons (Fsp3) is 0.889. The Balaban J connectivity index is 1.53. The van der Waals surface area contributed by atoms with Crippen molar-refractivity contribution in [1.29, 1.82) is 0 Å². The Hall–Kier alpha value is -1.21. The Morgan fingerprint density at radius 1 is 1.28 bits per heavy atom. The number of halogens is 1. The predicted octanol–water partition coefficient (Wildman–Crippen LogP) is 0.842. The van der Waals surface area contributed by atoms with Gasteiger partial charge in [-0.1, -0.05) is 6.92 Å². The number of hydrogen-bond acceptors (Lipinski definition) is 4.